The van der Waals surface area contributed by atoms with Crippen molar-refractivity contribution in [1.82, 2.24) is 9.88 Å². The highest BCUT2D eigenvalue weighted by Gasteiger charge is 2.25. The summed E-state index contributed by atoms with van der Waals surface area (Å²) in [6.45, 7) is -0.507. The van der Waals surface area contributed by atoms with Gasteiger partial charge in [0.2, 0.25) is 5.43 Å². The fourth-order valence-electron chi connectivity index (χ4n) is 2.99. The van der Waals surface area contributed by atoms with E-state index in [1.165, 1.54) is 24.3 Å². The molecule has 0 spiro atoms. The van der Waals surface area contributed by atoms with Crippen LogP contribution in [0.25, 0.3) is 0 Å². The molecule has 0 atom stereocenters. The van der Waals surface area contributed by atoms with Crippen LogP contribution >= 0.6 is 0 Å². The zero-order valence-corrected chi connectivity index (χ0v) is 16.8. The number of carboxylic acid groups (broad SMARTS) is 1. The van der Waals surface area contributed by atoms with Crippen LogP contribution in [0.5, 0.6) is 5.75 Å². The van der Waals surface area contributed by atoms with Gasteiger partial charge in [-0.1, -0.05) is 42.5 Å². The van der Waals surface area contributed by atoms with Gasteiger partial charge in [-0.3, -0.25) is 9.59 Å². The monoisotopic (exact) mass is 438 g/mol. The maximum Gasteiger partial charge on any atom is 0.356 e. The summed E-state index contributed by atoms with van der Waals surface area (Å²) in [6.07, 6.45) is 1.45. The number of halogens is 1. The lowest BCUT2D eigenvalue weighted by Gasteiger charge is -2.16. The van der Waals surface area contributed by atoms with Gasteiger partial charge in [-0.05, 0) is 23.3 Å². The maximum atomic E-state index is 13.0. The Labute approximate surface area is 181 Å². The number of hydrogen-bond donors (Lipinski definition) is 2. The number of benzene rings is 2. The van der Waals surface area contributed by atoms with Gasteiger partial charge in [0.25, 0.3) is 5.91 Å². The highest BCUT2D eigenvalue weighted by Crippen LogP contribution is 2.18. The van der Waals surface area contributed by atoms with Crippen LogP contribution in [0.2, 0.25) is 0 Å². The molecule has 0 aliphatic carbocycles. The van der Waals surface area contributed by atoms with Crippen LogP contribution in [0.1, 0.15) is 32.0 Å². The number of aldehydes is 1. The highest BCUT2D eigenvalue weighted by molar-refractivity contribution is 5.96. The third kappa shape index (κ3) is 5.25. The number of aromatic carboxylic acids is 1. The van der Waals surface area contributed by atoms with Crippen LogP contribution in [-0.2, 0) is 24.5 Å². The van der Waals surface area contributed by atoms with Crippen molar-refractivity contribution in [3.8, 4) is 5.75 Å². The molecule has 1 aromatic heterocycles. The van der Waals surface area contributed by atoms with E-state index in [0.717, 1.165) is 10.8 Å². The van der Waals surface area contributed by atoms with Crippen molar-refractivity contribution in [2.24, 2.45) is 0 Å². The first-order chi connectivity index (χ1) is 15.4. The summed E-state index contributed by atoms with van der Waals surface area (Å²) < 4.78 is 19.5. The van der Waals surface area contributed by atoms with Crippen LogP contribution in [-0.4, -0.2) is 27.8 Å². The summed E-state index contributed by atoms with van der Waals surface area (Å²) in [5.74, 6) is -3.25. The number of carbonyl (C=O) groups excluding carboxylic acids is 2. The molecule has 2 N–H and O–H groups in total. The van der Waals surface area contributed by atoms with Crippen molar-refractivity contribution in [2.75, 3.05) is 0 Å². The fraction of sp³-hybridized carbons (Fsp3) is 0.130. The second-order valence-corrected chi connectivity index (χ2v) is 6.76. The second-order valence-electron chi connectivity index (χ2n) is 6.76. The number of rotatable bonds is 9. The maximum absolute atomic E-state index is 13.0. The highest BCUT2D eigenvalue weighted by atomic mass is 19.1. The molecular formula is C23H19FN2O6. The molecule has 1 heterocycles. The molecule has 0 radical (unpaired) electrons. The van der Waals surface area contributed by atoms with Crippen molar-refractivity contribution < 1.29 is 28.6 Å². The molecule has 0 bridgehead atoms. The number of amides is 1. The van der Waals surface area contributed by atoms with Crippen molar-refractivity contribution in [1.29, 1.82) is 0 Å². The Hall–Kier alpha value is -4.27. The van der Waals surface area contributed by atoms with Crippen LogP contribution < -0.4 is 15.5 Å². The summed E-state index contributed by atoms with van der Waals surface area (Å²) in [5, 5.41) is 12.1. The van der Waals surface area contributed by atoms with Gasteiger partial charge in [0.05, 0.1) is 6.54 Å². The van der Waals surface area contributed by atoms with E-state index >= 15 is 0 Å². The topological polar surface area (TPSA) is 115 Å². The molecule has 8 nitrogen and oxygen atoms in total. The minimum Gasteiger partial charge on any atom is -0.482 e. The molecule has 0 aliphatic rings. The van der Waals surface area contributed by atoms with Crippen molar-refractivity contribution in [3.63, 3.8) is 0 Å². The minimum atomic E-state index is -1.48. The zero-order chi connectivity index (χ0) is 23.1. The van der Waals surface area contributed by atoms with Crippen LogP contribution in [0.15, 0.2) is 65.6 Å². The van der Waals surface area contributed by atoms with Gasteiger partial charge < -0.3 is 24.5 Å². The first kappa shape index (κ1) is 22.4. The Kier molecular flexibility index (Phi) is 7.12. The van der Waals surface area contributed by atoms with Crippen molar-refractivity contribution in [3.05, 3.63) is 99.2 Å². The normalized spacial score (nSPS) is 10.4. The van der Waals surface area contributed by atoms with Gasteiger partial charge in [0.1, 0.15) is 24.3 Å². The third-order valence-corrected chi connectivity index (χ3v) is 4.55. The van der Waals surface area contributed by atoms with Crippen LogP contribution in [0, 0.1) is 5.82 Å². The first-order valence-electron chi connectivity index (χ1n) is 9.54. The number of nitrogens with one attached hydrogen (secondary N) is 1. The molecule has 9 heteroatoms. The van der Waals surface area contributed by atoms with Crippen LogP contribution in [0.3, 0.4) is 0 Å². The molecule has 0 aliphatic heterocycles. The van der Waals surface area contributed by atoms with Gasteiger partial charge >= 0.3 is 5.97 Å². The van der Waals surface area contributed by atoms with Gasteiger partial charge in [-0.2, -0.15) is 0 Å². The molecule has 3 rings (SSSR count). The molecule has 0 fully saturated rings. The lowest BCUT2D eigenvalue weighted by Crippen LogP contribution is -2.32. The molecule has 0 unspecified atom stereocenters. The smallest absolute Gasteiger partial charge is 0.356 e. The average molecular weight is 438 g/mol. The number of hydrogen-bond acceptors (Lipinski definition) is 5. The van der Waals surface area contributed by atoms with Gasteiger partial charge in [-0.15, -0.1) is 0 Å². The molecule has 3 aromatic rings. The van der Waals surface area contributed by atoms with Gasteiger partial charge in [-0.25, -0.2) is 9.18 Å². The second kappa shape index (κ2) is 10.2. The summed E-state index contributed by atoms with van der Waals surface area (Å²) in [5.41, 5.74) is -0.570. The molecule has 164 valence electrons. The fourth-order valence-corrected chi connectivity index (χ4v) is 2.99. The van der Waals surface area contributed by atoms with E-state index in [2.05, 4.69) is 5.32 Å². The molecule has 0 saturated carbocycles. The minimum absolute atomic E-state index is 0.00707. The molecular weight excluding hydrogens is 419 g/mol. The van der Waals surface area contributed by atoms with Crippen LogP contribution in [0.4, 0.5) is 4.39 Å². The SMILES string of the molecule is O=CCn1cc(C(=O)NCc2ccc(F)cc2)c(=O)c(OCc2ccccc2)c1C(=O)O. The third-order valence-electron chi connectivity index (χ3n) is 4.55. The number of ether oxygens (including phenoxy) is 1. The Bertz CT molecular complexity index is 1190. The van der Waals surface area contributed by atoms with Crippen molar-refractivity contribution >= 4 is 18.2 Å². The Morgan fingerprint density at radius 2 is 1.75 bits per heavy atom. The molecule has 2 aromatic carbocycles. The summed E-state index contributed by atoms with van der Waals surface area (Å²) in [6, 6.07) is 14.2. The lowest BCUT2D eigenvalue weighted by molar-refractivity contribution is -0.108. The lowest BCUT2D eigenvalue weighted by atomic mass is 10.1. The average Bonchev–Trinajstić information content (AvgIpc) is 2.79. The van der Waals surface area contributed by atoms with Gasteiger partial charge in [0, 0.05) is 12.7 Å². The van der Waals surface area contributed by atoms with E-state index < -0.39 is 41.1 Å². The van der Waals surface area contributed by atoms with E-state index in [4.69, 9.17) is 4.74 Å². The number of aromatic nitrogens is 1. The standard InChI is InChI=1S/C23H19FN2O6/c24-17-8-6-15(7-9-17)12-25-22(29)18-13-26(10-11-27)19(23(30)31)21(20(18)28)32-14-16-4-2-1-3-5-16/h1-9,11,13H,10,12,14H2,(H,25,29)(H,30,31). The van der Waals surface area contributed by atoms with Crippen molar-refractivity contribution in [2.45, 2.75) is 19.7 Å². The quantitative estimate of drug-likeness (QED) is 0.496. The Morgan fingerprint density at radius 3 is 2.38 bits per heavy atom. The Morgan fingerprint density at radius 1 is 1.06 bits per heavy atom. The number of carboxylic acids is 1. The van der Waals surface area contributed by atoms with E-state index in [9.17, 15) is 28.7 Å². The summed E-state index contributed by atoms with van der Waals surface area (Å²) in [4.78, 5) is 48.5. The summed E-state index contributed by atoms with van der Waals surface area (Å²) in [7, 11) is 0. The first-order valence-corrected chi connectivity index (χ1v) is 9.54. The predicted molar refractivity (Wildman–Crippen MR) is 112 cm³/mol. The molecule has 32 heavy (non-hydrogen) atoms. The number of pyridine rings is 1. The van der Waals surface area contributed by atoms with Gasteiger partial charge in [0.15, 0.2) is 11.4 Å². The van der Waals surface area contributed by atoms with E-state index in [1.807, 2.05) is 0 Å². The Balaban J connectivity index is 1.95. The molecule has 1 amide bonds. The number of carbonyl (C=O) groups is 3. The van der Waals surface area contributed by atoms with E-state index in [-0.39, 0.29) is 18.7 Å². The largest absolute Gasteiger partial charge is 0.482 e. The zero-order valence-electron chi connectivity index (χ0n) is 16.8. The predicted octanol–water partition coefficient (Wildman–Crippen LogP) is 2.39. The van der Waals surface area contributed by atoms with E-state index in [1.54, 1.807) is 30.3 Å². The summed E-state index contributed by atoms with van der Waals surface area (Å²) >= 11 is 0. The van der Waals surface area contributed by atoms with E-state index in [0.29, 0.717) is 17.4 Å². The molecule has 0 saturated heterocycles. The number of nitrogens with zero attached hydrogens (tertiary/aromatic N) is 1.